The van der Waals surface area contributed by atoms with Crippen molar-refractivity contribution in [3.8, 4) is 0 Å². The second-order valence-corrected chi connectivity index (χ2v) is 3.62. The van der Waals surface area contributed by atoms with Gasteiger partial charge in [-0.2, -0.15) is 0 Å². The van der Waals surface area contributed by atoms with Crippen LogP contribution in [-0.4, -0.2) is 19.7 Å². The second-order valence-electron chi connectivity index (χ2n) is 3.62. The van der Waals surface area contributed by atoms with Gasteiger partial charge in [0.15, 0.2) is 0 Å². The summed E-state index contributed by atoms with van der Waals surface area (Å²) in [7, 11) is 1.54. The fourth-order valence-corrected chi connectivity index (χ4v) is 0.598. The lowest BCUT2D eigenvalue weighted by Gasteiger charge is -2.10. The topological polar surface area (TPSA) is 38.3 Å². The van der Waals surface area contributed by atoms with Crippen LogP contribution in [0.1, 0.15) is 20.8 Å². The van der Waals surface area contributed by atoms with Crippen LogP contribution in [0.4, 0.5) is 4.79 Å². The highest BCUT2D eigenvalue weighted by Gasteiger charge is 2.03. The second kappa shape index (κ2) is 4.80. The van der Waals surface area contributed by atoms with Gasteiger partial charge in [-0.15, -0.1) is 0 Å². The average molecular weight is 171 g/mol. The molecule has 0 rings (SSSR count). The zero-order valence-electron chi connectivity index (χ0n) is 8.18. The Morgan fingerprint density at radius 1 is 1.50 bits per heavy atom. The van der Waals surface area contributed by atoms with Gasteiger partial charge >= 0.3 is 6.09 Å². The molecule has 0 spiro atoms. The van der Waals surface area contributed by atoms with Crippen molar-refractivity contribution in [2.24, 2.45) is 5.41 Å². The molecule has 0 fully saturated rings. The van der Waals surface area contributed by atoms with Gasteiger partial charge in [0.2, 0.25) is 0 Å². The highest BCUT2D eigenvalue weighted by molar-refractivity contribution is 5.66. The van der Waals surface area contributed by atoms with Crippen molar-refractivity contribution in [1.82, 2.24) is 5.32 Å². The molecular weight excluding hydrogens is 154 g/mol. The zero-order chi connectivity index (χ0) is 9.61. The number of hydrogen-bond donors (Lipinski definition) is 1. The Balaban J connectivity index is 3.56. The van der Waals surface area contributed by atoms with E-state index in [9.17, 15) is 4.79 Å². The van der Waals surface area contributed by atoms with E-state index >= 15 is 0 Å². The summed E-state index contributed by atoms with van der Waals surface area (Å²) in [6.45, 7) is 6.59. The number of alkyl carbamates (subject to hydrolysis) is 1. The maximum absolute atomic E-state index is 10.6. The molecule has 0 aromatic carbocycles. The van der Waals surface area contributed by atoms with E-state index in [1.165, 1.54) is 7.05 Å². The molecule has 0 aliphatic rings. The Kier molecular flexibility index (Phi) is 4.40. The van der Waals surface area contributed by atoms with E-state index in [4.69, 9.17) is 4.74 Å². The molecule has 0 saturated heterocycles. The van der Waals surface area contributed by atoms with Crippen molar-refractivity contribution in [2.75, 3.05) is 13.7 Å². The summed E-state index contributed by atoms with van der Waals surface area (Å²) in [6.07, 6.45) is 3.46. The Labute approximate surface area is 73.8 Å². The van der Waals surface area contributed by atoms with Crippen LogP contribution in [0.25, 0.3) is 0 Å². The van der Waals surface area contributed by atoms with E-state index in [-0.39, 0.29) is 5.41 Å². The molecule has 0 heterocycles. The van der Waals surface area contributed by atoms with Crippen LogP contribution in [-0.2, 0) is 4.74 Å². The van der Waals surface area contributed by atoms with Gasteiger partial charge < -0.3 is 10.1 Å². The van der Waals surface area contributed by atoms with Crippen molar-refractivity contribution in [3.05, 3.63) is 12.2 Å². The number of carbonyl (C=O) groups is 1. The summed E-state index contributed by atoms with van der Waals surface area (Å²) in [5.41, 5.74) is 0.145. The SMILES string of the molecule is CNC(=O)OCC=CC(C)(C)C. The predicted octanol–water partition coefficient (Wildman–Crippen LogP) is 1.94. The van der Waals surface area contributed by atoms with Crippen molar-refractivity contribution < 1.29 is 9.53 Å². The Morgan fingerprint density at radius 2 is 2.08 bits per heavy atom. The quantitative estimate of drug-likeness (QED) is 0.645. The van der Waals surface area contributed by atoms with Crippen molar-refractivity contribution in [3.63, 3.8) is 0 Å². The van der Waals surface area contributed by atoms with Crippen LogP contribution >= 0.6 is 0 Å². The Morgan fingerprint density at radius 3 is 2.50 bits per heavy atom. The van der Waals surface area contributed by atoms with E-state index < -0.39 is 6.09 Å². The molecule has 0 atom stereocenters. The van der Waals surface area contributed by atoms with Crippen LogP contribution in [0.2, 0.25) is 0 Å². The van der Waals surface area contributed by atoms with Gasteiger partial charge in [-0.25, -0.2) is 4.79 Å². The molecule has 70 valence electrons. The minimum Gasteiger partial charge on any atom is -0.445 e. The first-order valence-electron chi connectivity index (χ1n) is 3.98. The molecule has 1 N–H and O–H groups in total. The molecule has 3 heteroatoms. The minimum atomic E-state index is -0.395. The van der Waals surface area contributed by atoms with Gasteiger partial charge in [0.1, 0.15) is 6.61 Å². The molecule has 1 amide bonds. The van der Waals surface area contributed by atoms with Crippen LogP contribution in [0.3, 0.4) is 0 Å². The fourth-order valence-electron chi connectivity index (χ4n) is 0.598. The maximum Gasteiger partial charge on any atom is 0.407 e. The average Bonchev–Trinajstić information content (AvgIpc) is 1.96. The summed E-state index contributed by atoms with van der Waals surface area (Å²) in [5.74, 6) is 0. The van der Waals surface area contributed by atoms with E-state index in [1.807, 2.05) is 12.2 Å². The predicted molar refractivity (Wildman–Crippen MR) is 49.0 cm³/mol. The molecule has 0 aliphatic heterocycles. The van der Waals surface area contributed by atoms with Crippen LogP contribution in [0, 0.1) is 5.41 Å². The molecule has 0 unspecified atom stereocenters. The van der Waals surface area contributed by atoms with Gasteiger partial charge in [-0.05, 0) is 5.41 Å². The summed E-state index contributed by atoms with van der Waals surface area (Å²) < 4.78 is 4.75. The van der Waals surface area contributed by atoms with Gasteiger partial charge in [-0.3, -0.25) is 0 Å². The molecular formula is C9H17NO2. The number of allylic oxidation sites excluding steroid dienone is 1. The first-order valence-corrected chi connectivity index (χ1v) is 3.98. The van der Waals surface area contributed by atoms with Crippen molar-refractivity contribution >= 4 is 6.09 Å². The molecule has 0 saturated carbocycles. The Hall–Kier alpha value is -0.990. The molecule has 3 nitrogen and oxygen atoms in total. The first kappa shape index (κ1) is 11.0. The van der Waals surface area contributed by atoms with Crippen molar-refractivity contribution in [1.29, 1.82) is 0 Å². The zero-order valence-corrected chi connectivity index (χ0v) is 8.18. The third kappa shape index (κ3) is 7.12. The van der Waals surface area contributed by atoms with E-state index in [1.54, 1.807) is 0 Å². The van der Waals surface area contributed by atoms with Crippen LogP contribution in [0.5, 0.6) is 0 Å². The smallest absolute Gasteiger partial charge is 0.407 e. The lowest BCUT2D eigenvalue weighted by Crippen LogP contribution is -2.19. The van der Waals surface area contributed by atoms with E-state index in [2.05, 4.69) is 26.1 Å². The highest BCUT2D eigenvalue weighted by Crippen LogP contribution is 2.13. The summed E-state index contributed by atoms with van der Waals surface area (Å²) in [6, 6.07) is 0. The molecule has 0 bridgehead atoms. The number of amides is 1. The number of carbonyl (C=O) groups excluding carboxylic acids is 1. The molecule has 0 aromatic rings. The summed E-state index contributed by atoms with van der Waals surface area (Å²) in [4.78, 5) is 10.6. The normalized spacial score (nSPS) is 11.7. The molecule has 0 radical (unpaired) electrons. The molecule has 0 aliphatic carbocycles. The first-order chi connectivity index (χ1) is 5.45. The van der Waals surface area contributed by atoms with E-state index in [0.717, 1.165) is 0 Å². The van der Waals surface area contributed by atoms with Gasteiger partial charge in [0.05, 0.1) is 0 Å². The van der Waals surface area contributed by atoms with Gasteiger partial charge in [0.25, 0.3) is 0 Å². The number of ether oxygens (including phenoxy) is 1. The highest BCUT2D eigenvalue weighted by atomic mass is 16.5. The molecule has 0 aromatic heterocycles. The largest absolute Gasteiger partial charge is 0.445 e. The summed E-state index contributed by atoms with van der Waals surface area (Å²) >= 11 is 0. The van der Waals surface area contributed by atoms with Gasteiger partial charge in [-0.1, -0.05) is 32.9 Å². The maximum atomic E-state index is 10.6. The fraction of sp³-hybridized carbons (Fsp3) is 0.667. The minimum absolute atomic E-state index is 0.145. The van der Waals surface area contributed by atoms with Crippen LogP contribution < -0.4 is 5.32 Å². The van der Waals surface area contributed by atoms with Gasteiger partial charge in [0, 0.05) is 7.05 Å². The number of rotatable bonds is 2. The molecule has 12 heavy (non-hydrogen) atoms. The van der Waals surface area contributed by atoms with E-state index in [0.29, 0.717) is 6.61 Å². The standard InChI is InChI=1S/C9H17NO2/c1-9(2,3)6-5-7-12-8(11)10-4/h5-6H,7H2,1-4H3,(H,10,11). The number of hydrogen-bond acceptors (Lipinski definition) is 2. The lowest BCUT2D eigenvalue weighted by molar-refractivity contribution is 0.160. The van der Waals surface area contributed by atoms with Crippen molar-refractivity contribution in [2.45, 2.75) is 20.8 Å². The third-order valence-corrected chi connectivity index (χ3v) is 1.13. The van der Waals surface area contributed by atoms with Crippen LogP contribution in [0.15, 0.2) is 12.2 Å². The summed E-state index contributed by atoms with van der Waals surface area (Å²) in [5, 5.41) is 2.37. The third-order valence-electron chi connectivity index (χ3n) is 1.13. The monoisotopic (exact) mass is 171 g/mol. The Bertz CT molecular complexity index is 168. The number of nitrogens with one attached hydrogen (secondary N) is 1. The lowest BCUT2D eigenvalue weighted by atomic mass is 9.96.